The molecule has 0 amide bonds. The summed E-state index contributed by atoms with van der Waals surface area (Å²) in [5.41, 5.74) is 1.02. The van der Waals surface area contributed by atoms with Crippen LogP contribution in [-0.2, 0) is 0 Å². The maximum Gasteiger partial charge on any atom is 0.0465 e. The van der Waals surface area contributed by atoms with Crippen LogP contribution in [0.15, 0.2) is 27.1 Å². The van der Waals surface area contributed by atoms with Crippen LogP contribution >= 0.6 is 48.0 Å². The fourth-order valence-corrected chi connectivity index (χ4v) is 1.43. The second-order valence-corrected chi connectivity index (χ2v) is 3.83. The van der Waals surface area contributed by atoms with Crippen molar-refractivity contribution in [2.24, 2.45) is 0 Å². The Labute approximate surface area is 84.8 Å². The average Bonchev–Trinajstić information content (AvgIpc) is 1.95. The van der Waals surface area contributed by atoms with Gasteiger partial charge in [0, 0.05) is 30.8 Å². The number of anilines is 1. The molecule has 0 aromatic heterocycles. The van der Waals surface area contributed by atoms with Crippen molar-refractivity contribution < 1.29 is 0 Å². The second-order valence-electron chi connectivity index (χ2n) is 1.72. The van der Waals surface area contributed by atoms with Gasteiger partial charge in [0.15, 0.2) is 0 Å². The summed E-state index contributed by atoms with van der Waals surface area (Å²) in [6.07, 6.45) is 0. The van der Waals surface area contributed by atoms with Crippen LogP contribution in [0, 0.1) is 0 Å². The van der Waals surface area contributed by atoms with Crippen molar-refractivity contribution in [2.45, 2.75) is 0 Å². The lowest BCUT2D eigenvalue weighted by atomic mass is 10.3. The summed E-state index contributed by atoms with van der Waals surface area (Å²) in [6, 6.07) is 5.90. The molecule has 0 aliphatic carbocycles. The first-order valence-electron chi connectivity index (χ1n) is 2.55. The monoisotopic (exact) mass is 327 g/mol. The van der Waals surface area contributed by atoms with E-state index < -0.39 is 0 Å². The third-order valence-corrected chi connectivity index (χ3v) is 3.37. The van der Waals surface area contributed by atoms with Gasteiger partial charge in [-0.05, 0) is 50.1 Å². The lowest BCUT2D eigenvalue weighted by Gasteiger charge is -1.99. The van der Waals surface area contributed by atoms with Crippen LogP contribution < -0.4 is 4.34 Å². The van der Waals surface area contributed by atoms with Crippen molar-refractivity contribution in [3.8, 4) is 0 Å². The Kier molecular flexibility index (Phi) is 3.20. The lowest BCUT2D eigenvalue weighted by molar-refractivity contribution is 1.59. The molecule has 10 heavy (non-hydrogen) atoms. The van der Waals surface area contributed by atoms with E-state index in [0.29, 0.717) is 0 Å². The van der Waals surface area contributed by atoms with Gasteiger partial charge in [-0.1, -0.05) is 0 Å². The van der Waals surface area contributed by atoms with Crippen molar-refractivity contribution in [2.75, 3.05) is 4.34 Å². The normalized spacial score (nSPS) is 9.50. The first-order chi connectivity index (χ1) is 4.74. The molecule has 54 valence electrons. The predicted octanol–water partition coefficient (Wildman–Crippen LogP) is 3.93. The highest BCUT2D eigenvalue weighted by Gasteiger charge is 1.95. The van der Waals surface area contributed by atoms with Gasteiger partial charge in [-0.25, -0.2) is 0 Å². The first-order valence-corrected chi connectivity index (χ1v) is 4.93. The highest BCUT2D eigenvalue weighted by Crippen LogP contribution is 2.26. The minimum Gasteiger partial charge on any atom is -0.322 e. The van der Waals surface area contributed by atoms with Gasteiger partial charge in [0.2, 0.25) is 0 Å². The maximum absolute atomic E-state index is 3.38. The first kappa shape index (κ1) is 8.56. The molecule has 0 atom stereocenters. The number of nitrogens with one attached hydrogen (secondary N) is 1. The molecule has 0 aliphatic rings. The summed E-state index contributed by atoms with van der Waals surface area (Å²) in [6.45, 7) is 0. The lowest BCUT2D eigenvalue weighted by Crippen LogP contribution is -1.78. The largest absolute Gasteiger partial charge is 0.322 e. The summed E-state index contributed by atoms with van der Waals surface area (Å²) in [7, 11) is 0. The van der Waals surface area contributed by atoms with Crippen molar-refractivity contribution in [1.29, 1.82) is 0 Å². The molecule has 1 rings (SSSR count). The Morgan fingerprint density at radius 1 is 1.10 bits per heavy atom. The standard InChI is InChI=1S/C6H4Br3N/c7-5-2-1-4(10-9)3-6(5)8/h1-3,10H. The van der Waals surface area contributed by atoms with Crippen molar-refractivity contribution in [3.63, 3.8) is 0 Å². The van der Waals surface area contributed by atoms with E-state index in [-0.39, 0.29) is 0 Å². The number of hydrogen-bond donors (Lipinski definition) is 1. The van der Waals surface area contributed by atoms with E-state index in [1.54, 1.807) is 0 Å². The number of hydrogen-bond acceptors (Lipinski definition) is 1. The highest BCUT2D eigenvalue weighted by molar-refractivity contribution is 9.13. The van der Waals surface area contributed by atoms with Gasteiger partial charge in [0.1, 0.15) is 0 Å². The molecule has 1 N–H and O–H groups in total. The average molecular weight is 330 g/mol. The molecule has 0 unspecified atom stereocenters. The summed E-state index contributed by atoms with van der Waals surface area (Å²) in [5, 5.41) is 0. The Morgan fingerprint density at radius 2 is 1.80 bits per heavy atom. The zero-order valence-corrected chi connectivity index (χ0v) is 9.62. The summed E-state index contributed by atoms with van der Waals surface area (Å²) in [5.74, 6) is 0. The Hall–Kier alpha value is 0.460. The minimum absolute atomic E-state index is 1.02. The maximum atomic E-state index is 3.38. The molecule has 0 fully saturated rings. The molecule has 0 bridgehead atoms. The fourth-order valence-electron chi connectivity index (χ4n) is 0.555. The van der Waals surface area contributed by atoms with E-state index in [4.69, 9.17) is 0 Å². The molecule has 1 aromatic carbocycles. The Balaban J connectivity index is 3.04. The second kappa shape index (κ2) is 3.74. The molecular formula is C6H4Br3N. The van der Waals surface area contributed by atoms with Gasteiger partial charge >= 0.3 is 0 Å². The SMILES string of the molecule is BrNc1ccc(Br)c(Br)c1. The van der Waals surface area contributed by atoms with E-state index in [2.05, 4.69) is 52.3 Å². The topological polar surface area (TPSA) is 12.0 Å². The van der Waals surface area contributed by atoms with E-state index in [0.717, 1.165) is 14.6 Å². The Bertz CT molecular complexity index is 236. The molecule has 0 saturated heterocycles. The molecule has 0 radical (unpaired) electrons. The van der Waals surface area contributed by atoms with Gasteiger partial charge in [-0.3, -0.25) is 0 Å². The predicted molar refractivity (Wildman–Crippen MR) is 54.4 cm³/mol. The van der Waals surface area contributed by atoms with Crippen molar-refractivity contribution >= 4 is 53.7 Å². The molecule has 4 heteroatoms. The zero-order valence-electron chi connectivity index (χ0n) is 4.87. The third-order valence-electron chi connectivity index (χ3n) is 1.03. The van der Waals surface area contributed by atoms with Crippen LogP contribution in [0.25, 0.3) is 0 Å². The molecule has 0 heterocycles. The summed E-state index contributed by atoms with van der Waals surface area (Å²) in [4.78, 5) is 0. The Morgan fingerprint density at radius 3 is 2.30 bits per heavy atom. The van der Waals surface area contributed by atoms with E-state index in [1.807, 2.05) is 18.2 Å². The van der Waals surface area contributed by atoms with E-state index in [9.17, 15) is 0 Å². The van der Waals surface area contributed by atoms with Crippen molar-refractivity contribution in [3.05, 3.63) is 27.1 Å². The molecule has 0 saturated carbocycles. The van der Waals surface area contributed by atoms with E-state index in [1.165, 1.54) is 0 Å². The van der Waals surface area contributed by atoms with E-state index >= 15 is 0 Å². The van der Waals surface area contributed by atoms with Crippen LogP contribution in [-0.4, -0.2) is 0 Å². The van der Waals surface area contributed by atoms with Crippen LogP contribution in [0.3, 0.4) is 0 Å². The van der Waals surface area contributed by atoms with Crippen LogP contribution in [0.1, 0.15) is 0 Å². The number of benzene rings is 1. The molecule has 1 aromatic rings. The molecular weight excluding hydrogens is 326 g/mol. The smallest absolute Gasteiger partial charge is 0.0465 e. The molecule has 0 spiro atoms. The zero-order chi connectivity index (χ0) is 7.56. The summed E-state index contributed by atoms with van der Waals surface area (Å²) < 4.78 is 4.95. The number of halogens is 3. The van der Waals surface area contributed by atoms with Crippen molar-refractivity contribution in [1.82, 2.24) is 0 Å². The number of rotatable bonds is 1. The molecule has 1 nitrogen and oxygen atoms in total. The quantitative estimate of drug-likeness (QED) is 0.770. The molecule has 0 aliphatic heterocycles. The third kappa shape index (κ3) is 1.97. The highest BCUT2D eigenvalue weighted by atomic mass is 79.9. The van der Waals surface area contributed by atoms with Gasteiger partial charge < -0.3 is 4.34 Å². The van der Waals surface area contributed by atoms with Gasteiger partial charge in [-0.15, -0.1) is 0 Å². The van der Waals surface area contributed by atoms with Crippen LogP contribution in [0.4, 0.5) is 5.69 Å². The van der Waals surface area contributed by atoms with Crippen LogP contribution in [0.2, 0.25) is 0 Å². The summed E-state index contributed by atoms with van der Waals surface area (Å²) >= 11 is 9.88. The minimum atomic E-state index is 1.02. The van der Waals surface area contributed by atoms with Gasteiger partial charge in [0.05, 0.1) is 0 Å². The fraction of sp³-hybridized carbons (Fsp3) is 0. The van der Waals surface area contributed by atoms with Crippen LogP contribution in [0.5, 0.6) is 0 Å². The van der Waals surface area contributed by atoms with Gasteiger partial charge in [0.25, 0.3) is 0 Å². The van der Waals surface area contributed by atoms with Gasteiger partial charge in [-0.2, -0.15) is 0 Å².